The summed E-state index contributed by atoms with van der Waals surface area (Å²) < 4.78 is 6.37. The molecule has 0 saturated heterocycles. The molecule has 2 heteroatoms. The van der Waals surface area contributed by atoms with Gasteiger partial charge in [-0.2, -0.15) is 0 Å². The van der Waals surface area contributed by atoms with Gasteiger partial charge in [0.1, 0.15) is 11.2 Å². The number of rotatable bonds is 5. The van der Waals surface area contributed by atoms with Gasteiger partial charge >= 0.3 is 0 Å². The Morgan fingerprint density at radius 3 is 1.82 bits per heavy atom. The topological polar surface area (TPSA) is 16.4 Å². The summed E-state index contributed by atoms with van der Waals surface area (Å²) in [6, 6.07) is 67.5. The maximum atomic E-state index is 6.37. The van der Waals surface area contributed by atoms with Crippen LogP contribution in [0.2, 0.25) is 0 Å². The van der Waals surface area contributed by atoms with E-state index in [0.717, 1.165) is 44.6 Å². The smallest absolute Gasteiger partial charge is 0.137 e. The van der Waals surface area contributed by atoms with Crippen LogP contribution in [0.15, 0.2) is 192 Å². The van der Waals surface area contributed by atoms with Crippen LogP contribution in [0.3, 0.4) is 0 Å². The molecular formula is C48H31NO. The van der Waals surface area contributed by atoms with Crippen LogP contribution >= 0.6 is 0 Å². The Labute approximate surface area is 290 Å². The van der Waals surface area contributed by atoms with Gasteiger partial charge in [-0.05, 0) is 91.5 Å². The zero-order chi connectivity index (χ0) is 33.0. The molecule has 1 aromatic heterocycles. The van der Waals surface area contributed by atoms with Gasteiger partial charge in [-0.1, -0.05) is 140 Å². The fraction of sp³-hybridized carbons (Fsp3) is 0. The van der Waals surface area contributed by atoms with Crippen molar-refractivity contribution >= 4 is 71.3 Å². The number of nitrogens with zero attached hydrogens (tertiary/aromatic N) is 1. The van der Waals surface area contributed by atoms with E-state index in [1.54, 1.807) is 0 Å². The Kier molecular flexibility index (Phi) is 6.53. The van der Waals surface area contributed by atoms with E-state index in [9.17, 15) is 0 Å². The van der Waals surface area contributed by atoms with E-state index < -0.39 is 0 Å². The van der Waals surface area contributed by atoms with Crippen molar-refractivity contribution in [3.05, 3.63) is 188 Å². The lowest BCUT2D eigenvalue weighted by Gasteiger charge is -2.28. The number of fused-ring (bicyclic) bond motifs is 8. The maximum absolute atomic E-state index is 6.37. The summed E-state index contributed by atoms with van der Waals surface area (Å²) >= 11 is 0. The normalized spacial score (nSPS) is 11.6. The van der Waals surface area contributed by atoms with Gasteiger partial charge in [-0.3, -0.25) is 0 Å². The maximum Gasteiger partial charge on any atom is 0.137 e. The van der Waals surface area contributed by atoms with Crippen LogP contribution in [0.4, 0.5) is 17.1 Å². The first kappa shape index (κ1) is 28.4. The molecule has 0 bridgehead atoms. The molecule has 0 aliphatic rings. The Balaban J connectivity index is 1.13. The summed E-state index contributed by atoms with van der Waals surface area (Å²) in [5.41, 5.74) is 9.70. The Hall–Kier alpha value is -6.64. The second-order valence-corrected chi connectivity index (χ2v) is 12.9. The summed E-state index contributed by atoms with van der Waals surface area (Å²) in [7, 11) is 0. The van der Waals surface area contributed by atoms with Gasteiger partial charge in [0.05, 0.1) is 5.69 Å². The quantitative estimate of drug-likeness (QED) is 0.175. The lowest BCUT2D eigenvalue weighted by molar-refractivity contribution is 0.669. The van der Waals surface area contributed by atoms with Gasteiger partial charge in [0.2, 0.25) is 0 Å². The predicted molar refractivity (Wildman–Crippen MR) is 212 cm³/mol. The lowest BCUT2D eigenvalue weighted by atomic mass is 9.94. The second-order valence-electron chi connectivity index (χ2n) is 12.9. The van der Waals surface area contributed by atoms with Crippen molar-refractivity contribution in [2.75, 3.05) is 4.90 Å². The van der Waals surface area contributed by atoms with Crippen molar-refractivity contribution in [3.63, 3.8) is 0 Å². The third kappa shape index (κ3) is 4.65. The molecule has 0 aliphatic heterocycles. The van der Waals surface area contributed by atoms with Crippen LogP contribution in [0.5, 0.6) is 0 Å². The van der Waals surface area contributed by atoms with E-state index in [1.807, 2.05) is 12.1 Å². The molecule has 0 amide bonds. The molecule has 10 aromatic rings. The summed E-state index contributed by atoms with van der Waals surface area (Å²) in [6.45, 7) is 0. The molecule has 0 fully saturated rings. The third-order valence-corrected chi connectivity index (χ3v) is 10.0. The minimum Gasteiger partial charge on any atom is -0.456 e. The molecule has 1 heterocycles. The van der Waals surface area contributed by atoms with Gasteiger partial charge in [-0.25, -0.2) is 0 Å². The highest BCUT2D eigenvalue weighted by Crippen LogP contribution is 2.43. The molecule has 0 N–H and O–H groups in total. The zero-order valence-corrected chi connectivity index (χ0v) is 27.3. The summed E-state index contributed by atoms with van der Waals surface area (Å²) in [5.74, 6) is 0. The van der Waals surface area contributed by atoms with Crippen molar-refractivity contribution in [3.8, 4) is 22.3 Å². The van der Waals surface area contributed by atoms with Crippen molar-refractivity contribution < 1.29 is 4.42 Å². The lowest BCUT2D eigenvalue weighted by Crippen LogP contribution is -2.11. The Morgan fingerprint density at radius 2 is 0.960 bits per heavy atom. The van der Waals surface area contributed by atoms with Crippen molar-refractivity contribution in [2.45, 2.75) is 0 Å². The fourth-order valence-electron chi connectivity index (χ4n) is 7.62. The summed E-state index contributed by atoms with van der Waals surface area (Å²) in [6.07, 6.45) is 0. The summed E-state index contributed by atoms with van der Waals surface area (Å²) in [4.78, 5) is 2.35. The summed E-state index contributed by atoms with van der Waals surface area (Å²) in [5, 5.41) is 9.90. The van der Waals surface area contributed by atoms with E-state index in [2.05, 4.69) is 181 Å². The van der Waals surface area contributed by atoms with Crippen molar-refractivity contribution in [1.82, 2.24) is 0 Å². The second kappa shape index (κ2) is 11.5. The first-order chi connectivity index (χ1) is 24.8. The molecule has 9 aromatic carbocycles. The largest absolute Gasteiger partial charge is 0.456 e. The third-order valence-electron chi connectivity index (χ3n) is 10.0. The molecule has 0 spiro atoms. The average molecular weight is 638 g/mol. The predicted octanol–water partition coefficient (Wildman–Crippen LogP) is 13.8. The van der Waals surface area contributed by atoms with Crippen molar-refractivity contribution in [1.29, 1.82) is 0 Å². The molecule has 234 valence electrons. The van der Waals surface area contributed by atoms with Gasteiger partial charge in [0.25, 0.3) is 0 Å². The first-order valence-corrected chi connectivity index (χ1v) is 17.1. The molecule has 2 nitrogen and oxygen atoms in total. The van der Waals surface area contributed by atoms with Crippen LogP contribution in [0.25, 0.3) is 76.5 Å². The molecule has 0 aliphatic carbocycles. The molecule has 0 saturated carbocycles. The van der Waals surface area contributed by atoms with Crippen LogP contribution in [0.1, 0.15) is 0 Å². The number of para-hydroxylation sites is 2. The number of hydrogen-bond donors (Lipinski definition) is 0. The van der Waals surface area contributed by atoms with Crippen LogP contribution in [-0.4, -0.2) is 0 Å². The zero-order valence-electron chi connectivity index (χ0n) is 27.3. The van der Waals surface area contributed by atoms with E-state index in [4.69, 9.17) is 4.42 Å². The van der Waals surface area contributed by atoms with E-state index in [0.29, 0.717) is 0 Å². The standard InChI is InChI=1S/C48H31NO/c1-2-10-33(11-3-1)40-13-6-8-16-45(40)49(39-28-29-43-42-15-7-9-17-46(42)50-47(43)31-39)38-26-24-32(25-27-38)37-23-20-35-19-22-36-21-18-34-12-4-5-14-41(34)48(36)44(35)30-37/h1-31H. The van der Waals surface area contributed by atoms with Gasteiger partial charge in [0, 0.05) is 33.8 Å². The molecular weight excluding hydrogens is 607 g/mol. The molecule has 10 rings (SSSR count). The van der Waals surface area contributed by atoms with Gasteiger partial charge in [-0.15, -0.1) is 0 Å². The number of furan rings is 1. The number of benzene rings is 9. The monoisotopic (exact) mass is 637 g/mol. The van der Waals surface area contributed by atoms with Gasteiger partial charge in [0.15, 0.2) is 0 Å². The molecule has 0 atom stereocenters. The minimum absolute atomic E-state index is 0.874. The highest BCUT2D eigenvalue weighted by atomic mass is 16.3. The van der Waals surface area contributed by atoms with E-state index >= 15 is 0 Å². The van der Waals surface area contributed by atoms with Crippen molar-refractivity contribution in [2.24, 2.45) is 0 Å². The average Bonchev–Trinajstić information content (AvgIpc) is 3.56. The Morgan fingerprint density at radius 1 is 0.340 bits per heavy atom. The van der Waals surface area contributed by atoms with Crippen LogP contribution in [-0.2, 0) is 0 Å². The SMILES string of the molecule is c1ccc(-c2ccccc2N(c2ccc(-c3ccc4ccc5ccc6ccccc6c5c4c3)cc2)c2ccc3c(c2)oc2ccccc23)cc1. The highest BCUT2D eigenvalue weighted by Gasteiger charge is 2.19. The molecule has 0 unspecified atom stereocenters. The van der Waals surface area contributed by atoms with Gasteiger partial charge < -0.3 is 9.32 Å². The minimum atomic E-state index is 0.874. The molecule has 0 radical (unpaired) electrons. The Bertz CT molecular complexity index is 2860. The molecule has 50 heavy (non-hydrogen) atoms. The fourth-order valence-corrected chi connectivity index (χ4v) is 7.62. The first-order valence-electron chi connectivity index (χ1n) is 17.1. The van der Waals surface area contributed by atoms with Crippen LogP contribution in [0, 0.1) is 0 Å². The number of anilines is 3. The van der Waals surface area contributed by atoms with E-state index in [1.165, 1.54) is 49.0 Å². The van der Waals surface area contributed by atoms with Crippen LogP contribution < -0.4 is 4.90 Å². The van der Waals surface area contributed by atoms with E-state index in [-0.39, 0.29) is 0 Å². The number of hydrogen-bond acceptors (Lipinski definition) is 2. The highest BCUT2D eigenvalue weighted by molar-refractivity contribution is 6.20.